The number of pyridine rings is 1. The van der Waals surface area contributed by atoms with Gasteiger partial charge in [0.05, 0.1) is 5.52 Å². The molecule has 3 nitrogen and oxygen atoms in total. The molecular weight excluding hydrogens is 210 g/mol. The van der Waals surface area contributed by atoms with Crippen molar-refractivity contribution in [2.24, 2.45) is 0 Å². The van der Waals surface area contributed by atoms with E-state index >= 15 is 0 Å². The standard InChI is InChI=1S/C14H13N3/c1-2-5-14-12(4-1)6-7-13(16-14)8-11-17-10-3-9-15-17/h1-7,9-10H,8,11H2. The summed E-state index contributed by atoms with van der Waals surface area (Å²) >= 11 is 0. The number of benzene rings is 1. The first kappa shape index (κ1) is 10.0. The fourth-order valence-electron chi connectivity index (χ4n) is 1.91. The summed E-state index contributed by atoms with van der Waals surface area (Å²) < 4.78 is 1.93. The van der Waals surface area contributed by atoms with Crippen LogP contribution in [0.2, 0.25) is 0 Å². The van der Waals surface area contributed by atoms with E-state index in [4.69, 9.17) is 0 Å². The van der Waals surface area contributed by atoms with Gasteiger partial charge in [-0.3, -0.25) is 9.67 Å². The van der Waals surface area contributed by atoms with Crippen LogP contribution >= 0.6 is 0 Å². The molecule has 0 aliphatic rings. The van der Waals surface area contributed by atoms with Crippen LogP contribution < -0.4 is 0 Å². The van der Waals surface area contributed by atoms with Gasteiger partial charge in [0.15, 0.2) is 0 Å². The normalized spacial score (nSPS) is 10.8. The molecule has 17 heavy (non-hydrogen) atoms. The Morgan fingerprint density at radius 1 is 1.00 bits per heavy atom. The number of nitrogens with zero attached hydrogens (tertiary/aromatic N) is 3. The Labute approximate surface area is 99.7 Å². The molecule has 0 N–H and O–H groups in total. The molecule has 0 saturated carbocycles. The van der Waals surface area contributed by atoms with Gasteiger partial charge in [0.2, 0.25) is 0 Å². The molecule has 0 bridgehead atoms. The molecule has 3 aromatic rings. The Hall–Kier alpha value is -2.16. The highest BCUT2D eigenvalue weighted by Gasteiger charge is 1.98. The Kier molecular flexibility index (Phi) is 2.58. The third-order valence-electron chi connectivity index (χ3n) is 2.81. The number of aryl methyl sites for hydroxylation is 2. The van der Waals surface area contributed by atoms with E-state index < -0.39 is 0 Å². The third-order valence-corrected chi connectivity index (χ3v) is 2.81. The first-order chi connectivity index (χ1) is 8.42. The third kappa shape index (κ3) is 2.18. The maximum Gasteiger partial charge on any atom is 0.0705 e. The minimum Gasteiger partial charge on any atom is -0.272 e. The SMILES string of the molecule is c1ccc2nc(CCn3cccn3)ccc2c1. The Bertz CT molecular complexity index is 614. The molecule has 0 spiro atoms. The van der Waals surface area contributed by atoms with Crippen LogP contribution in [0.15, 0.2) is 54.9 Å². The summed E-state index contributed by atoms with van der Waals surface area (Å²) in [6.07, 6.45) is 4.68. The van der Waals surface area contributed by atoms with Crippen LogP contribution in [-0.4, -0.2) is 14.8 Å². The summed E-state index contributed by atoms with van der Waals surface area (Å²) in [5.74, 6) is 0. The molecule has 2 heterocycles. The minimum atomic E-state index is 0.873. The second-order valence-corrected chi connectivity index (χ2v) is 4.01. The van der Waals surface area contributed by atoms with E-state index in [-0.39, 0.29) is 0 Å². The van der Waals surface area contributed by atoms with Crippen molar-refractivity contribution in [3.63, 3.8) is 0 Å². The van der Waals surface area contributed by atoms with Crippen molar-refractivity contribution in [2.45, 2.75) is 13.0 Å². The second-order valence-electron chi connectivity index (χ2n) is 4.01. The van der Waals surface area contributed by atoms with Gasteiger partial charge in [-0.05, 0) is 18.2 Å². The van der Waals surface area contributed by atoms with Crippen molar-refractivity contribution in [2.75, 3.05) is 0 Å². The van der Waals surface area contributed by atoms with Gasteiger partial charge >= 0.3 is 0 Å². The molecular formula is C14H13N3. The van der Waals surface area contributed by atoms with Gasteiger partial charge in [0, 0.05) is 36.4 Å². The summed E-state index contributed by atoms with van der Waals surface area (Å²) in [7, 11) is 0. The second kappa shape index (κ2) is 4.37. The predicted molar refractivity (Wildman–Crippen MR) is 67.7 cm³/mol. The fourth-order valence-corrected chi connectivity index (χ4v) is 1.91. The summed E-state index contributed by atoms with van der Waals surface area (Å²) in [5, 5.41) is 5.37. The number of aromatic nitrogens is 3. The predicted octanol–water partition coefficient (Wildman–Crippen LogP) is 2.67. The van der Waals surface area contributed by atoms with E-state index in [9.17, 15) is 0 Å². The van der Waals surface area contributed by atoms with E-state index in [0.29, 0.717) is 0 Å². The van der Waals surface area contributed by atoms with Crippen molar-refractivity contribution in [1.82, 2.24) is 14.8 Å². The van der Waals surface area contributed by atoms with E-state index in [1.54, 1.807) is 6.20 Å². The molecule has 0 amide bonds. The fraction of sp³-hybridized carbons (Fsp3) is 0.143. The summed E-state index contributed by atoms with van der Waals surface area (Å²) in [4.78, 5) is 4.63. The van der Waals surface area contributed by atoms with Crippen LogP contribution in [0.25, 0.3) is 10.9 Å². The van der Waals surface area contributed by atoms with Crippen molar-refractivity contribution in [3.05, 3.63) is 60.6 Å². The Morgan fingerprint density at radius 3 is 2.82 bits per heavy atom. The topological polar surface area (TPSA) is 30.7 Å². The van der Waals surface area contributed by atoms with Crippen LogP contribution in [0.1, 0.15) is 5.69 Å². The largest absolute Gasteiger partial charge is 0.272 e. The molecule has 3 rings (SSSR count). The molecule has 0 aliphatic carbocycles. The maximum atomic E-state index is 4.63. The van der Waals surface area contributed by atoms with Gasteiger partial charge in [-0.2, -0.15) is 5.10 Å². The van der Waals surface area contributed by atoms with Gasteiger partial charge in [0.1, 0.15) is 0 Å². The average molecular weight is 223 g/mol. The lowest BCUT2D eigenvalue weighted by atomic mass is 10.2. The molecule has 0 radical (unpaired) electrons. The van der Waals surface area contributed by atoms with Crippen molar-refractivity contribution < 1.29 is 0 Å². The monoisotopic (exact) mass is 223 g/mol. The first-order valence-corrected chi connectivity index (χ1v) is 5.74. The lowest BCUT2D eigenvalue weighted by Gasteiger charge is -2.03. The van der Waals surface area contributed by atoms with Crippen LogP contribution in [0.3, 0.4) is 0 Å². The number of fused-ring (bicyclic) bond motifs is 1. The van der Waals surface area contributed by atoms with E-state index in [2.05, 4.69) is 28.3 Å². The summed E-state index contributed by atoms with van der Waals surface area (Å²) in [6.45, 7) is 0.873. The molecule has 0 unspecified atom stereocenters. The highest BCUT2D eigenvalue weighted by molar-refractivity contribution is 5.78. The molecule has 84 valence electrons. The van der Waals surface area contributed by atoms with Gasteiger partial charge < -0.3 is 0 Å². The molecule has 0 aliphatic heterocycles. The smallest absolute Gasteiger partial charge is 0.0705 e. The van der Waals surface area contributed by atoms with Crippen LogP contribution in [-0.2, 0) is 13.0 Å². The van der Waals surface area contributed by atoms with Gasteiger partial charge in [0.25, 0.3) is 0 Å². The van der Waals surface area contributed by atoms with Crippen molar-refractivity contribution >= 4 is 10.9 Å². The maximum absolute atomic E-state index is 4.63. The molecule has 0 saturated heterocycles. The Balaban J connectivity index is 1.81. The van der Waals surface area contributed by atoms with E-state index in [0.717, 1.165) is 24.2 Å². The molecule has 2 aromatic heterocycles. The van der Waals surface area contributed by atoms with Crippen molar-refractivity contribution in [1.29, 1.82) is 0 Å². The zero-order valence-corrected chi connectivity index (χ0v) is 9.45. The van der Waals surface area contributed by atoms with E-state index in [1.165, 1.54) is 5.39 Å². The lowest BCUT2D eigenvalue weighted by Crippen LogP contribution is -2.02. The minimum absolute atomic E-state index is 0.873. The lowest BCUT2D eigenvalue weighted by molar-refractivity contribution is 0.609. The van der Waals surface area contributed by atoms with Crippen LogP contribution in [0.5, 0.6) is 0 Å². The summed E-state index contributed by atoms with van der Waals surface area (Å²) in [5.41, 5.74) is 2.17. The van der Waals surface area contributed by atoms with Gasteiger partial charge in [-0.1, -0.05) is 24.3 Å². The van der Waals surface area contributed by atoms with Crippen LogP contribution in [0, 0.1) is 0 Å². The molecule has 0 fully saturated rings. The van der Waals surface area contributed by atoms with Crippen molar-refractivity contribution in [3.8, 4) is 0 Å². The highest BCUT2D eigenvalue weighted by Crippen LogP contribution is 2.12. The van der Waals surface area contributed by atoms with E-state index in [1.807, 2.05) is 35.1 Å². The van der Waals surface area contributed by atoms with Crippen LogP contribution in [0.4, 0.5) is 0 Å². The van der Waals surface area contributed by atoms with Gasteiger partial charge in [-0.15, -0.1) is 0 Å². The number of hydrogen-bond donors (Lipinski definition) is 0. The highest BCUT2D eigenvalue weighted by atomic mass is 15.3. The molecule has 1 aromatic carbocycles. The number of para-hydroxylation sites is 1. The number of hydrogen-bond acceptors (Lipinski definition) is 2. The van der Waals surface area contributed by atoms with Gasteiger partial charge in [-0.25, -0.2) is 0 Å². The zero-order valence-electron chi connectivity index (χ0n) is 9.45. The zero-order chi connectivity index (χ0) is 11.5. The average Bonchev–Trinajstić information content (AvgIpc) is 2.89. The Morgan fingerprint density at radius 2 is 1.94 bits per heavy atom. The molecule has 3 heteroatoms. The first-order valence-electron chi connectivity index (χ1n) is 5.74. The summed E-state index contributed by atoms with van der Waals surface area (Å²) in [6, 6.07) is 14.3. The molecule has 0 atom stereocenters. The number of rotatable bonds is 3. The quantitative estimate of drug-likeness (QED) is 0.683.